The van der Waals surface area contributed by atoms with Gasteiger partial charge in [0.15, 0.2) is 5.78 Å². The van der Waals surface area contributed by atoms with Gasteiger partial charge >= 0.3 is 5.97 Å². The highest BCUT2D eigenvalue weighted by molar-refractivity contribution is 5.97. The molecule has 0 aliphatic carbocycles. The molecule has 0 spiro atoms. The van der Waals surface area contributed by atoms with E-state index in [1.54, 1.807) is 17.9 Å². The number of aryl methyl sites for hydroxylation is 2. The summed E-state index contributed by atoms with van der Waals surface area (Å²) in [6.07, 6.45) is 2.21. The highest BCUT2D eigenvalue weighted by Gasteiger charge is 2.15. The Morgan fingerprint density at radius 1 is 1.29 bits per heavy atom. The molecular weight excluding hydrogens is 270 g/mol. The standard InChI is InChI=1S/C16H17NO4/c1-11(18)13-9-14(16(19)20)17(10-13)8-7-12-5-3-4-6-15(12)21-2/h3-6,9-10H,7-8H2,1-2H3,(H,19,20). The highest BCUT2D eigenvalue weighted by atomic mass is 16.5. The lowest BCUT2D eigenvalue weighted by Gasteiger charge is -2.10. The van der Waals surface area contributed by atoms with Gasteiger partial charge in [-0.05, 0) is 31.0 Å². The summed E-state index contributed by atoms with van der Waals surface area (Å²) >= 11 is 0. The van der Waals surface area contributed by atoms with Crippen molar-refractivity contribution in [3.05, 3.63) is 53.3 Å². The van der Waals surface area contributed by atoms with Crippen LogP contribution in [0, 0.1) is 0 Å². The summed E-state index contributed by atoms with van der Waals surface area (Å²) in [5.74, 6) is -0.413. The molecule has 110 valence electrons. The zero-order valence-corrected chi connectivity index (χ0v) is 12.0. The number of methoxy groups -OCH3 is 1. The van der Waals surface area contributed by atoms with Crippen molar-refractivity contribution in [1.82, 2.24) is 4.57 Å². The number of carbonyl (C=O) groups is 2. The molecule has 0 saturated heterocycles. The average molecular weight is 287 g/mol. The molecule has 1 aromatic heterocycles. The van der Waals surface area contributed by atoms with Gasteiger partial charge in [-0.3, -0.25) is 4.79 Å². The number of carboxylic acids is 1. The summed E-state index contributed by atoms with van der Waals surface area (Å²) in [6.45, 7) is 1.89. The second kappa shape index (κ2) is 6.26. The minimum absolute atomic E-state index is 0.120. The summed E-state index contributed by atoms with van der Waals surface area (Å²) in [7, 11) is 1.60. The predicted octanol–water partition coefficient (Wildman–Crippen LogP) is 2.64. The van der Waals surface area contributed by atoms with E-state index in [4.69, 9.17) is 4.74 Å². The lowest BCUT2D eigenvalue weighted by molar-refractivity contribution is 0.0685. The van der Waals surface area contributed by atoms with Crippen molar-refractivity contribution in [2.45, 2.75) is 19.9 Å². The van der Waals surface area contributed by atoms with Crippen LogP contribution in [-0.2, 0) is 13.0 Å². The Morgan fingerprint density at radius 2 is 2.00 bits per heavy atom. The van der Waals surface area contributed by atoms with Crippen LogP contribution in [-0.4, -0.2) is 28.5 Å². The number of hydrogen-bond acceptors (Lipinski definition) is 3. The molecule has 0 atom stereocenters. The Balaban J connectivity index is 2.23. The SMILES string of the molecule is COc1ccccc1CCn1cc(C(C)=O)cc1C(=O)O. The first kappa shape index (κ1) is 14.8. The molecule has 0 bridgehead atoms. The molecule has 0 radical (unpaired) electrons. The number of carboxylic acid groups (broad SMARTS) is 1. The highest BCUT2D eigenvalue weighted by Crippen LogP contribution is 2.19. The average Bonchev–Trinajstić information content (AvgIpc) is 2.90. The molecule has 2 aromatic rings. The Kier molecular flexibility index (Phi) is 4.42. The van der Waals surface area contributed by atoms with E-state index in [2.05, 4.69) is 0 Å². The number of nitrogens with zero attached hydrogens (tertiary/aromatic N) is 1. The zero-order valence-electron chi connectivity index (χ0n) is 12.0. The first-order valence-corrected chi connectivity index (χ1v) is 6.59. The molecule has 1 N–H and O–H groups in total. The molecule has 0 aliphatic rings. The van der Waals surface area contributed by atoms with E-state index in [0.29, 0.717) is 18.5 Å². The number of Topliss-reactive ketones (excluding diaryl/α,β-unsaturated/α-hetero) is 1. The molecule has 0 unspecified atom stereocenters. The van der Waals surface area contributed by atoms with Crippen LogP contribution in [0.1, 0.15) is 33.3 Å². The molecular formula is C16H17NO4. The van der Waals surface area contributed by atoms with Crippen LogP contribution in [0.25, 0.3) is 0 Å². The minimum atomic E-state index is -1.04. The largest absolute Gasteiger partial charge is 0.496 e. The van der Waals surface area contributed by atoms with Gasteiger partial charge in [-0.1, -0.05) is 18.2 Å². The van der Waals surface area contributed by atoms with Gasteiger partial charge in [0.1, 0.15) is 11.4 Å². The van der Waals surface area contributed by atoms with E-state index in [-0.39, 0.29) is 11.5 Å². The zero-order chi connectivity index (χ0) is 15.4. The predicted molar refractivity (Wildman–Crippen MR) is 78.1 cm³/mol. The molecule has 2 rings (SSSR count). The van der Waals surface area contributed by atoms with Crippen molar-refractivity contribution in [2.24, 2.45) is 0 Å². The third-order valence-electron chi connectivity index (χ3n) is 3.34. The number of aromatic nitrogens is 1. The van der Waals surface area contributed by atoms with E-state index in [1.165, 1.54) is 13.0 Å². The molecule has 0 fully saturated rings. The molecule has 0 amide bonds. The summed E-state index contributed by atoms with van der Waals surface area (Å²) in [4.78, 5) is 22.6. The van der Waals surface area contributed by atoms with E-state index in [1.807, 2.05) is 24.3 Å². The van der Waals surface area contributed by atoms with Gasteiger partial charge in [0.05, 0.1) is 7.11 Å². The van der Waals surface area contributed by atoms with Crippen LogP contribution < -0.4 is 4.74 Å². The molecule has 1 aromatic carbocycles. The Labute approximate surface area is 122 Å². The van der Waals surface area contributed by atoms with Crippen LogP contribution >= 0.6 is 0 Å². The first-order chi connectivity index (χ1) is 10.0. The Morgan fingerprint density at radius 3 is 2.62 bits per heavy atom. The minimum Gasteiger partial charge on any atom is -0.496 e. The normalized spacial score (nSPS) is 10.4. The van der Waals surface area contributed by atoms with Crippen LogP contribution in [0.3, 0.4) is 0 Å². The van der Waals surface area contributed by atoms with Crippen LogP contribution in [0.2, 0.25) is 0 Å². The van der Waals surface area contributed by atoms with Crippen molar-refractivity contribution in [2.75, 3.05) is 7.11 Å². The summed E-state index contributed by atoms with van der Waals surface area (Å²) in [5.41, 5.74) is 1.52. The summed E-state index contributed by atoms with van der Waals surface area (Å²) in [6, 6.07) is 9.01. The maximum atomic E-state index is 11.4. The van der Waals surface area contributed by atoms with Gasteiger partial charge in [0.25, 0.3) is 0 Å². The second-order valence-corrected chi connectivity index (χ2v) is 4.73. The topological polar surface area (TPSA) is 68.5 Å². The second-order valence-electron chi connectivity index (χ2n) is 4.73. The maximum Gasteiger partial charge on any atom is 0.352 e. The number of ketones is 1. The van der Waals surface area contributed by atoms with Crippen molar-refractivity contribution >= 4 is 11.8 Å². The summed E-state index contributed by atoms with van der Waals surface area (Å²) < 4.78 is 6.86. The maximum absolute atomic E-state index is 11.4. The number of carbonyl (C=O) groups excluding carboxylic acids is 1. The number of hydrogen-bond donors (Lipinski definition) is 1. The number of aromatic carboxylic acids is 1. The van der Waals surface area contributed by atoms with E-state index < -0.39 is 5.97 Å². The number of rotatable bonds is 6. The van der Waals surface area contributed by atoms with Gasteiger partial charge in [-0.25, -0.2) is 4.79 Å². The molecule has 5 nitrogen and oxygen atoms in total. The molecule has 1 heterocycles. The van der Waals surface area contributed by atoms with E-state index in [0.717, 1.165) is 11.3 Å². The van der Waals surface area contributed by atoms with E-state index >= 15 is 0 Å². The third-order valence-corrected chi connectivity index (χ3v) is 3.34. The van der Waals surface area contributed by atoms with Crippen LogP contribution in [0.4, 0.5) is 0 Å². The lowest BCUT2D eigenvalue weighted by atomic mass is 10.1. The van der Waals surface area contributed by atoms with Gasteiger partial charge in [-0.15, -0.1) is 0 Å². The van der Waals surface area contributed by atoms with Crippen LogP contribution in [0.15, 0.2) is 36.5 Å². The molecule has 21 heavy (non-hydrogen) atoms. The quantitative estimate of drug-likeness (QED) is 0.829. The monoisotopic (exact) mass is 287 g/mol. The van der Waals surface area contributed by atoms with Crippen molar-refractivity contribution < 1.29 is 19.4 Å². The Hall–Kier alpha value is -2.56. The Bertz CT molecular complexity index is 673. The van der Waals surface area contributed by atoms with Crippen LogP contribution in [0.5, 0.6) is 5.75 Å². The summed E-state index contributed by atoms with van der Waals surface area (Å²) in [5, 5.41) is 9.20. The van der Waals surface area contributed by atoms with Crippen molar-refractivity contribution in [3.63, 3.8) is 0 Å². The number of benzene rings is 1. The molecule has 0 aliphatic heterocycles. The van der Waals surface area contributed by atoms with Gasteiger partial charge < -0.3 is 14.4 Å². The third kappa shape index (κ3) is 3.31. The van der Waals surface area contributed by atoms with E-state index in [9.17, 15) is 14.7 Å². The first-order valence-electron chi connectivity index (χ1n) is 6.59. The fraction of sp³-hybridized carbons (Fsp3) is 0.250. The van der Waals surface area contributed by atoms with Crippen molar-refractivity contribution in [1.29, 1.82) is 0 Å². The van der Waals surface area contributed by atoms with Crippen molar-refractivity contribution in [3.8, 4) is 5.75 Å². The van der Waals surface area contributed by atoms with Gasteiger partial charge in [0, 0.05) is 18.3 Å². The molecule has 0 saturated carbocycles. The lowest BCUT2D eigenvalue weighted by Crippen LogP contribution is -2.09. The fourth-order valence-corrected chi connectivity index (χ4v) is 2.22. The van der Waals surface area contributed by atoms with Gasteiger partial charge in [0.2, 0.25) is 0 Å². The number of ether oxygens (including phenoxy) is 1. The number of para-hydroxylation sites is 1. The fourth-order valence-electron chi connectivity index (χ4n) is 2.22. The smallest absolute Gasteiger partial charge is 0.352 e. The van der Waals surface area contributed by atoms with Gasteiger partial charge in [-0.2, -0.15) is 0 Å². The molecule has 5 heteroatoms.